The molecule has 7 heteroatoms. The predicted molar refractivity (Wildman–Crippen MR) is 102 cm³/mol. The first-order valence-electron chi connectivity index (χ1n) is 8.82. The third kappa shape index (κ3) is 2.64. The van der Waals surface area contributed by atoms with Crippen LogP contribution in [0.5, 0.6) is 11.5 Å². The summed E-state index contributed by atoms with van der Waals surface area (Å²) in [6.45, 7) is 0.521. The molecule has 1 aliphatic heterocycles. The number of hydrogen-bond acceptors (Lipinski definition) is 4. The van der Waals surface area contributed by atoms with E-state index >= 15 is 0 Å². The van der Waals surface area contributed by atoms with Crippen molar-refractivity contribution in [2.24, 2.45) is 0 Å². The van der Waals surface area contributed by atoms with Gasteiger partial charge in [-0.15, -0.1) is 0 Å². The van der Waals surface area contributed by atoms with Crippen molar-refractivity contribution < 1.29 is 14.5 Å². The highest BCUT2D eigenvalue weighted by Crippen LogP contribution is 2.36. The SMILES string of the molecule is O=c1[nH]c(=O)n(Cc2ccccc2)c2[nH+]ccc(-c3ccc4c(c3)OCO4)c12. The van der Waals surface area contributed by atoms with Gasteiger partial charge in [-0.2, -0.15) is 4.57 Å². The molecule has 138 valence electrons. The highest BCUT2D eigenvalue weighted by Gasteiger charge is 2.21. The molecule has 0 unspecified atom stereocenters. The van der Waals surface area contributed by atoms with E-state index in [1.54, 1.807) is 6.20 Å². The first-order valence-corrected chi connectivity index (χ1v) is 8.82. The minimum Gasteiger partial charge on any atom is -0.454 e. The number of nitrogens with one attached hydrogen (secondary N) is 2. The average molecular weight is 374 g/mol. The molecule has 0 saturated carbocycles. The van der Waals surface area contributed by atoms with Crippen molar-refractivity contribution in [2.75, 3.05) is 6.79 Å². The summed E-state index contributed by atoms with van der Waals surface area (Å²) in [5, 5.41) is 0.414. The second-order valence-corrected chi connectivity index (χ2v) is 6.51. The molecule has 2 aromatic carbocycles. The fourth-order valence-corrected chi connectivity index (χ4v) is 3.48. The quantitative estimate of drug-likeness (QED) is 0.594. The van der Waals surface area contributed by atoms with Gasteiger partial charge in [-0.05, 0) is 29.3 Å². The molecule has 7 nitrogen and oxygen atoms in total. The zero-order valence-electron chi connectivity index (χ0n) is 14.8. The van der Waals surface area contributed by atoms with E-state index in [9.17, 15) is 9.59 Å². The van der Waals surface area contributed by atoms with Crippen LogP contribution < -0.4 is 25.7 Å². The van der Waals surface area contributed by atoms with Crippen LogP contribution in [0.3, 0.4) is 0 Å². The van der Waals surface area contributed by atoms with E-state index < -0.39 is 11.2 Å². The zero-order chi connectivity index (χ0) is 19.1. The molecule has 28 heavy (non-hydrogen) atoms. The van der Waals surface area contributed by atoms with Gasteiger partial charge in [0.2, 0.25) is 6.79 Å². The van der Waals surface area contributed by atoms with E-state index in [0.29, 0.717) is 34.6 Å². The second-order valence-electron chi connectivity index (χ2n) is 6.51. The van der Waals surface area contributed by atoms with Gasteiger partial charge >= 0.3 is 5.69 Å². The Morgan fingerprint density at radius 1 is 1.00 bits per heavy atom. The molecule has 4 aromatic rings. The van der Waals surface area contributed by atoms with Crippen LogP contribution in [0, 0.1) is 0 Å². The standard InChI is InChI=1S/C21H15N3O4/c25-20-18-15(14-6-7-16-17(10-14)28-12-27-16)8-9-22-19(18)24(21(26)23-20)11-13-4-2-1-3-5-13/h1-10H,11-12H2,(H,23,25,26)/p+1. The maximum atomic E-state index is 12.7. The Hall–Kier alpha value is -3.87. The highest BCUT2D eigenvalue weighted by molar-refractivity contribution is 5.90. The summed E-state index contributed by atoms with van der Waals surface area (Å²) < 4.78 is 12.3. The topological polar surface area (TPSA) is 87.5 Å². The number of rotatable bonds is 3. The van der Waals surface area contributed by atoms with E-state index in [1.165, 1.54) is 4.57 Å². The monoisotopic (exact) mass is 374 g/mol. The van der Waals surface area contributed by atoms with Crippen molar-refractivity contribution in [1.82, 2.24) is 9.55 Å². The fourth-order valence-electron chi connectivity index (χ4n) is 3.48. The summed E-state index contributed by atoms with van der Waals surface area (Å²) in [6.07, 6.45) is 1.72. The lowest BCUT2D eigenvalue weighted by atomic mass is 10.0. The van der Waals surface area contributed by atoms with Gasteiger partial charge in [-0.3, -0.25) is 9.78 Å². The Balaban J connectivity index is 1.73. The van der Waals surface area contributed by atoms with Crippen LogP contribution in [-0.2, 0) is 6.54 Å². The number of H-pyrrole nitrogens is 2. The minimum absolute atomic E-state index is 0.180. The minimum atomic E-state index is -0.458. The summed E-state index contributed by atoms with van der Waals surface area (Å²) in [7, 11) is 0. The number of pyridine rings is 1. The van der Waals surface area contributed by atoms with Crippen molar-refractivity contribution in [2.45, 2.75) is 6.54 Å². The summed E-state index contributed by atoms with van der Waals surface area (Å²) in [5.41, 5.74) is 2.04. The number of fused-ring (bicyclic) bond motifs is 2. The summed E-state index contributed by atoms with van der Waals surface area (Å²) >= 11 is 0. The summed E-state index contributed by atoms with van der Waals surface area (Å²) in [4.78, 5) is 30.7. The van der Waals surface area contributed by atoms with E-state index in [2.05, 4.69) is 9.97 Å². The molecule has 5 rings (SSSR count). The Kier molecular flexibility index (Phi) is 3.72. The Bertz CT molecular complexity index is 1310. The van der Waals surface area contributed by atoms with Crippen LogP contribution >= 0.6 is 0 Å². The number of ether oxygens (including phenoxy) is 2. The van der Waals surface area contributed by atoms with Gasteiger partial charge in [0.1, 0.15) is 11.9 Å². The summed E-state index contributed by atoms with van der Waals surface area (Å²) in [5.74, 6) is 1.30. The molecule has 0 fully saturated rings. The van der Waals surface area contributed by atoms with Crippen molar-refractivity contribution in [1.29, 1.82) is 0 Å². The lowest BCUT2D eigenvalue weighted by Crippen LogP contribution is -2.34. The molecular weight excluding hydrogens is 358 g/mol. The molecule has 0 radical (unpaired) electrons. The van der Waals surface area contributed by atoms with Gasteiger partial charge in [0, 0.05) is 5.56 Å². The largest absolute Gasteiger partial charge is 0.454 e. The lowest BCUT2D eigenvalue weighted by Gasteiger charge is -2.07. The highest BCUT2D eigenvalue weighted by atomic mass is 16.7. The van der Waals surface area contributed by atoms with Crippen molar-refractivity contribution >= 4 is 11.0 Å². The number of hydrogen-bond donors (Lipinski definition) is 1. The van der Waals surface area contributed by atoms with Gasteiger partial charge in [0.15, 0.2) is 11.5 Å². The van der Waals surface area contributed by atoms with Gasteiger partial charge in [0.05, 0.1) is 6.20 Å². The second kappa shape index (κ2) is 6.38. The fraction of sp³-hybridized carbons (Fsp3) is 0.0952. The normalized spacial score (nSPS) is 12.4. The molecular formula is C21H16N3O4+. The number of aromatic nitrogens is 3. The molecule has 0 bridgehead atoms. The summed E-state index contributed by atoms with van der Waals surface area (Å²) in [6, 6.07) is 16.9. The van der Waals surface area contributed by atoms with Gasteiger partial charge in [-0.25, -0.2) is 9.78 Å². The first kappa shape index (κ1) is 16.3. The van der Waals surface area contributed by atoms with Gasteiger partial charge in [0.25, 0.3) is 11.2 Å². The van der Waals surface area contributed by atoms with Crippen molar-refractivity contribution in [3.05, 3.63) is 87.2 Å². The smallest absolute Gasteiger partial charge is 0.416 e. The molecule has 0 spiro atoms. The predicted octanol–water partition coefficient (Wildman–Crippen LogP) is 1.95. The average Bonchev–Trinajstić information content (AvgIpc) is 3.19. The Morgan fingerprint density at radius 2 is 1.82 bits per heavy atom. The molecule has 1 aliphatic rings. The maximum Gasteiger partial charge on any atom is 0.416 e. The molecule has 0 aliphatic carbocycles. The van der Waals surface area contributed by atoms with E-state index in [-0.39, 0.29) is 6.79 Å². The third-order valence-electron chi connectivity index (χ3n) is 4.81. The maximum absolute atomic E-state index is 12.7. The van der Waals surface area contributed by atoms with Crippen LogP contribution in [0.1, 0.15) is 5.56 Å². The molecule has 0 atom stereocenters. The Morgan fingerprint density at radius 3 is 2.68 bits per heavy atom. The molecule has 2 N–H and O–H groups in total. The number of nitrogens with zero attached hydrogens (tertiary/aromatic N) is 1. The molecule has 0 amide bonds. The van der Waals surface area contributed by atoms with Crippen LogP contribution in [-0.4, -0.2) is 16.3 Å². The Labute approximate surface area is 158 Å². The van der Waals surface area contributed by atoms with Crippen LogP contribution in [0.15, 0.2) is 70.4 Å². The third-order valence-corrected chi connectivity index (χ3v) is 4.81. The zero-order valence-corrected chi connectivity index (χ0v) is 14.8. The van der Waals surface area contributed by atoms with Gasteiger partial charge in [-0.1, -0.05) is 36.4 Å². The van der Waals surface area contributed by atoms with Crippen molar-refractivity contribution in [3.63, 3.8) is 0 Å². The molecule has 2 aromatic heterocycles. The van der Waals surface area contributed by atoms with Crippen LogP contribution in [0.25, 0.3) is 22.2 Å². The lowest BCUT2D eigenvalue weighted by molar-refractivity contribution is -0.349. The van der Waals surface area contributed by atoms with Crippen LogP contribution in [0.2, 0.25) is 0 Å². The van der Waals surface area contributed by atoms with Crippen molar-refractivity contribution in [3.8, 4) is 22.6 Å². The van der Waals surface area contributed by atoms with Crippen LogP contribution in [0.4, 0.5) is 0 Å². The first-order chi connectivity index (χ1) is 13.7. The number of aromatic amines is 2. The van der Waals surface area contributed by atoms with Gasteiger partial charge < -0.3 is 9.47 Å². The number of benzene rings is 2. The van der Waals surface area contributed by atoms with E-state index in [0.717, 1.165) is 11.1 Å². The van der Waals surface area contributed by atoms with E-state index in [1.807, 2.05) is 54.6 Å². The molecule has 3 heterocycles. The molecule has 0 saturated heterocycles. The van der Waals surface area contributed by atoms with E-state index in [4.69, 9.17) is 9.47 Å².